The molecule has 0 saturated carbocycles. The fourth-order valence-electron chi connectivity index (χ4n) is 6.23. The van der Waals surface area contributed by atoms with Crippen LogP contribution in [0.4, 0.5) is 0 Å². The van der Waals surface area contributed by atoms with Crippen molar-refractivity contribution in [1.29, 1.82) is 0 Å². The third kappa shape index (κ3) is 4.84. The highest BCUT2D eigenvalue weighted by atomic mass is 16.6. The van der Waals surface area contributed by atoms with Crippen molar-refractivity contribution in [3.63, 3.8) is 0 Å². The zero-order valence-electron chi connectivity index (χ0n) is 21.2. The topological polar surface area (TPSA) is 96.4 Å². The Morgan fingerprint density at radius 1 is 1.00 bits per heavy atom. The van der Waals surface area contributed by atoms with Crippen molar-refractivity contribution in [1.82, 2.24) is 9.80 Å². The van der Waals surface area contributed by atoms with E-state index in [1.165, 1.54) is 0 Å². The Labute approximate surface area is 217 Å². The maximum absolute atomic E-state index is 14.2. The number of aliphatic hydroxyl groups excluding tert-OH is 1. The van der Waals surface area contributed by atoms with E-state index in [-0.39, 0.29) is 18.4 Å². The number of aliphatic hydroxyl groups is 1. The minimum atomic E-state index is -1.22. The van der Waals surface area contributed by atoms with Gasteiger partial charge in [0.05, 0.1) is 18.6 Å². The molecule has 4 aliphatic rings. The second-order valence-corrected chi connectivity index (χ2v) is 10.4. The van der Waals surface area contributed by atoms with Gasteiger partial charge in [-0.2, -0.15) is 0 Å². The van der Waals surface area contributed by atoms with Crippen molar-refractivity contribution in [2.75, 3.05) is 26.3 Å². The average molecular weight is 509 g/mol. The first-order valence-corrected chi connectivity index (χ1v) is 13.5. The molecule has 2 fully saturated rings. The molecule has 1 aromatic carbocycles. The molecule has 4 aliphatic heterocycles. The zero-order valence-corrected chi connectivity index (χ0v) is 21.2. The maximum atomic E-state index is 14.2. The molecular weight excluding hydrogens is 472 g/mol. The number of fused-ring (bicyclic) bond motifs is 2. The number of carbonyl (C=O) groups excluding carboxylic acids is 3. The van der Waals surface area contributed by atoms with E-state index in [9.17, 15) is 14.4 Å². The number of unbranched alkanes of at least 4 members (excludes halogenated alkanes) is 3. The molecule has 2 saturated heterocycles. The molecule has 8 heteroatoms. The van der Waals surface area contributed by atoms with E-state index in [0.717, 1.165) is 31.2 Å². The zero-order chi connectivity index (χ0) is 25.8. The number of hydrogen-bond donors (Lipinski definition) is 1. The predicted octanol–water partition coefficient (Wildman–Crippen LogP) is 2.61. The van der Waals surface area contributed by atoms with E-state index < -0.39 is 35.6 Å². The predicted molar refractivity (Wildman–Crippen MR) is 136 cm³/mol. The molecule has 5 atom stereocenters. The van der Waals surface area contributed by atoms with Crippen molar-refractivity contribution in [3.8, 4) is 0 Å². The molecule has 1 unspecified atom stereocenters. The minimum absolute atomic E-state index is 0.140. The fraction of sp³-hybridized carbons (Fsp3) is 0.552. The maximum Gasteiger partial charge on any atom is 0.312 e. The molecule has 37 heavy (non-hydrogen) atoms. The minimum Gasteiger partial charge on any atom is -0.465 e. The van der Waals surface area contributed by atoms with E-state index in [1.54, 1.807) is 9.80 Å². The number of cyclic esters (lactones) is 1. The molecule has 8 nitrogen and oxygen atoms in total. The van der Waals surface area contributed by atoms with Crippen molar-refractivity contribution in [2.24, 2.45) is 11.8 Å². The summed E-state index contributed by atoms with van der Waals surface area (Å²) in [5.41, 5.74) is -0.212. The SMILES string of the molecule is O=C1OCCC/C=C\[C@@H]2O[C@]34C=CCN(Cc5ccccc5)C(=O)C3N(CCCCCCO)C(=O)[C@@H]4[C@H]12. The second-order valence-electron chi connectivity index (χ2n) is 10.4. The number of amides is 2. The highest BCUT2D eigenvalue weighted by Crippen LogP contribution is 2.53. The van der Waals surface area contributed by atoms with Gasteiger partial charge in [-0.1, -0.05) is 67.5 Å². The van der Waals surface area contributed by atoms with Gasteiger partial charge in [-0.05, 0) is 31.2 Å². The summed E-state index contributed by atoms with van der Waals surface area (Å²) in [5.74, 6) is -2.41. The van der Waals surface area contributed by atoms with E-state index in [4.69, 9.17) is 14.6 Å². The van der Waals surface area contributed by atoms with Gasteiger partial charge in [0.15, 0.2) is 0 Å². The summed E-state index contributed by atoms with van der Waals surface area (Å²) in [5, 5.41) is 9.11. The molecular formula is C29H36N2O6. The number of likely N-dealkylation sites (tertiary alicyclic amines) is 1. The molecule has 0 aliphatic carbocycles. The first kappa shape index (κ1) is 25.7. The van der Waals surface area contributed by atoms with Gasteiger partial charge < -0.3 is 24.4 Å². The van der Waals surface area contributed by atoms with Crippen LogP contribution < -0.4 is 0 Å². The number of nitrogens with zero attached hydrogens (tertiary/aromatic N) is 2. The first-order valence-electron chi connectivity index (χ1n) is 13.5. The standard InChI is InChI=1S/C29H36N2O6/c32-18-9-2-1-8-17-31-25-27(34)30(20-21-12-5-3-6-13-21)16-11-15-29(25)24(26(31)33)23-22(37-29)14-7-4-10-19-36-28(23)35/h3,5-7,11-15,22-25,32H,1-2,4,8-10,16-20H2/b14-7-/t22-,23+,24-,25?,29-/m0/s1. The number of benzene rings is 1. The lowest BCUT2D eigenvalue weighted by Crippen LogP contribution is -2.55. The Bertz CT molecular complexity index is 1060. The largest absolute Gasteiger partial charge is 0.465 e. The van der Waals surface area contributed by atoms with Gasteiger partial charge in [0.2, 0.25) is 11.8 Å². The second kappa shape index (κ2) is 11.2. The number of ether oxygens (including phenoxy) is 2. The van der Waals surface area contributed by atoms with Gasteiger partial charge in [0, 0.05) is 26.2 Å². The first-order chi connectivity index (χ1) is 18.1. The summed E-state index contributed by atoms with van der Waals surface area (Å²) in [4.78, 5) is 44.9. The summed E-state index contributed by atoms with van der Waals surface area (Å²) in [6.07, 6.45) is 11.6. The molecule has 1 aromatic rings. The number of rotatable bonds is 8. The number of allylic oxidation sites excluding steroid dienone is 1. The lowest BCUT2D eigenvalue weighted by Gasteiger charge is -2.35. The average Bonchev–Trinajstić information content (AvgIpc) is 3.31. The monoisotopic (exact) mass is 508 g/mol. The van der Waals surface area contributed by atoms with Crippen molar-refractivity contribution in [2.45, 2.75) is 62.8 Å². The van der Waals surface area contributed by atoms with Crippen LogP contribution in [0.1, 0.15) is 44.1 Å². The molecule has 4 heterocycles. The Hall–Kier alpha value is -2.97. The highest BCUT2D eigenvalue weighted by Gasteiger charge is 2.71. The number of hydrogen-bond acceptors (Lipinski definition) is 6. The van der Waals surface area contributed by atoms with Crippen molar-refractivity contribution < 1.29 is 29.0 Å². The fourth-order valence-corrected chi connectivity index (χ4v) is 6.23. The molecule has 0 aromatic heterocycles. The Balaban J connectivity index is 1.49. The molecule has 0 bridgehead atoms. The quantitative estimate of drug-likeness (QED) is 0.330. The summed E-state index contributed by atoms with van der Waals surface area (Å²) >= 11 is 0. The van der Waals surface area contributed by atoms with Crippen LogP contribution in [-0.2, 0) is 30.4 Å². The number of esters is 1. The normalized spacial score (nSPS) is 32.1. The Kier molecular flexibility index (Phi) is 7.76. The van der Waals surface area contributed by atoms with Crippen LogP contribution >= 0.6 is 0 Å². The molecule has 1 spiro atoms. The van der Waals surface area contributed by atoms with Gasteiger partial charge >= 0.3 is 5.97 Å². The molecule has 0 radical (unpaired) electrons. The summed E-state index contributed by atoms with van der Waals surface area (Å²) < 4.78 is 12.2. The smallest absolute Gasteiger partial charge is 0.312 e. The van der Waals surface area contributed by atoms with Crippen LogP contribution in [0, 0.1) is 11.8 Å². The van der Waals surface area contributed by atoms with Crippen LogP contribution in [0.3, 0.4) is 0 Å². The molecule has 2 amide bonds. The van der Waals surface area contributed by atoms with E-state index in [2.05, 4.69) is 0 Å². The summed E-state index contributed by atoms with van der Waals surface area (Å²) in [7, 11) is 0. The Morgan fingerprint density at radius 2 is 1.81 bits per heavy atom. The van der Waals surface area contributed by atoms with Crippen LogP contribution in [0.25, 0.3) is 0 Å². The van der Waals surface area contributed by atoms with Crippen molar-refractivity contribution >= 4 is 17.8 Å². The summed E-state index contributed by atoms with van der Waals surface area (Å²) in [6, 6.07) is 8.95. The molecule has 198 valence electrons. The number of carbonyl (C=O) groups is 3. The lowest BCUT2D eigenvalue weighted by molar-refractivity contribution is -0.154. The third-order valence-corrected chi connectivity index (χ3v) is 7.96. The van der Waals surface area contributed by atoms with Gasteiger partial charge in [-0.25, -0.2) is 0 Å². The summed E-state index contributed by atoms with van der Waals surface area (Å²) in [6.45, 7) is 1.67. The van der Waals surface area contributed by atoms with Gasteiger partial charge in [0.25, 0.3) is 0 Å². The van der Waals surface area contributed by atoms with E-state index >= 15 is 0 Å². The van der Waals surface area contributed by atoms with Crippen LogP contribution in [0.2, 0.25) is 0 Å². The third-order valence-electron chi connectivity index (χ3n) is 7.96. The van der Waals surface area contributed by atoms with Crippen LogP contribution in [0.5, 0.6) is 0 Å². The van der Waals surface area contributed by atoms with Crippen LogP contribution in [0.15, 0.2) is 54.6 Å². The molecule has 5 rings (SSSR count). The van der Waals surface area contributed by atoms with Gasteiger partial charge in [-0.3, -0.25) is 14.4 Å². The van der Waals surface area contributed by atoms with Crippen molar-refractivity contribution in [3.05, 3.63) is 60.2 Å². The lowest BCUT2D eigenvalue weighted by atomic mass is 9.78. The Morgan fingerprint density at radius 3 is 2.62 bits per heavy atom. The van der Waals surface area contributed by atoms with E-state index in [0.29, 0.717) is 39.1 Å². The van der Waals surface area contributed by atoms with Gasteiger partial charge in [-0.15, -0.1) is 0 Å². The van der Waals surface area contributed by atoms with Crippen LogP contribution in [-0.4, -0.2) is 76.7 Å². The highest BCUT2D eigenvalue weighted by molar-refractivity contribution is 5.99. The van der Waals surface area contributed by atoms with Gasteiger partial charge in [0.1, 0.15) is 17.6 Å². The molecule has 1 N–H and O–H groups in total. The van der Waals surface area contributed by atoms with E-state index in [1.807, 2.05) is 54.6 Å².